The Morgan fingerprint density at radius 1 is 0.761 bits per heavy atom. The number of carboxylic acids is 1. The predicted octanol–water partition coefficient (Wildman–Crippen LogP) is 7.28. The van der Waals surface area contributed by atoms with Crippen LogP contribution in [0.1, 0.15) is 46.1 Å². The minimum atomic E-state index is -1.05. The third-order valence-corrected chi connectivity index (χ3v) is 6.69. The van der Waals surface area contributed by atoms with Crippen molar-refractivity contribution in [2.75, 3.05) is 13.2 Å². The molecule has 0 atom stereocenters. The Bertz CT molecular complexity index is 1870. The van der Waals surface area contributed by atoms with Crippen LogP contribution in [0, 0.1) is 23.7 Å². The number of benzene rings is 3. The Morgan fingerprint density at radius 2 is 1.33 bits per heavy atom. The zero-order chi connectivity index (χ0) is 32.1. The number of hydrogen-bond acceptors (Lipinski definition) is 5. The van der Waals surface area contributed by atoms with Crippen molar-refractivity contribution < 1.29 is 19.4 Å². The lowest BCUT2D eigenvalue weighted by atomic mass is 9.96. The highest BCUT2D eigenvalue weighted by Gasteiger charge is 2.10. The van der Waals surface area contributed by atoms with Gasteiger partial charge in [-0.3, -0.25) is 0 Å². The smallest absolute Gasteiger partial charge is 0.341 e. The number of nitrogens with zero attached hydrogens (tertiary/aromatic N) is 2. The summed E-state index contributed by atoms with van der Waals surface area (Å²) in [6.45, 7) is 5.67. The van der Waals surface area contributed by atoms with Gasteiger partial charge in [0.1, 0.15) is 29.5 Å². The summed E-state index contributed by atoms with van der Waals surface area (Å²) in [5, 5.41) is 9.00. The molecule has 0 fully saturated rings. The molecule has 0 amide bonds. The number of allylic oxidation sites excluding steroid dienone is 1. The third-order valence-electron chi connectivity index (χ3n) is 6.69. The molecule has 46 heavy (non-hydrogen) atoms. The highest BCUT2D eigenvalue weighted by molar-refractivity contribution is 5.80. The summed E-state index contributed by atoms with van der Waals surface area (Å²) < 4.78 is 11.5. The van der Waals surface area contributed by atoms with E-state index in [2.05, 4.69) is 40.2 Å². The van der Waals surface area contributed by atoms with Crippen molar-refractivity contribution >= 4 is 17.1 Å². The molecule has 5 aromatic rings. The van der Waals surface area contributed by atoms with Crippen LogP contribution in [0.25, 0.3) is 11.1 Å². The molecular formula is C40H30N2O4. The van der Waals surface area contributed by atoms with Crippen LogP contribution in [-0.4, -0.2) is 34.3 Å². The van der Waals surface area contributed by atoms with Crippen molar-refractivity contribution in [1.82, 2.24) is 9.97 Å². The van der Waals surface area contributed by atoms with Gasteiger partial charge in [0.2, 0.25) is 0 Å². The van der Waals surface area contributed by atoms with Gasteiger partial charge in [-0.15, -0.1) is 0 Å². The maximum Gasteiger partial charge on any atom is 0.341 e. The first kappa shape index (κ1) is 31.1. The van der Waals surface area contributed by atoms with Gasteiger partial charge >= 0.3 is 5.97 Å². The van der Waals surface area contributed by atoms with E-state index in [0.717, 1.165) is 33.4 Å². The molecule has 1 N–H and O–H groups in total. The van der Waals surface area contributed by atoms with Crippen molar-refractivity contribution in [3.8, 4) is 35.2 Å². The van der Waals surface area contributed by atoms with Gasteiger partial charge in [-0.05, 0) is 114 Å². The fraction of sp³-hybridized carbons (Fsp3) is 0.0750. The molecule has 6 heteroatoms. The first-order valence-electron chi connectivity index (χ1n) is 14.5. The second-order valence-electron chi connectivity index (χ2n) is 10.1. The molecule has 0 bridgehead atoms. The summed E-state index contributed by atoms with van der Waals surface area (Å²) in [6.07, 6.45) is 5.48. The van der Waals surface area contributed by atoms with E-state index in [1.165, 1.54) is 0 Å². The van der Waals surface area contributed by atoms with Crippen LogP contribution in [0.3, 0.4) is 0 Å². The lowest BCUT2D eigenvalue weighted by Gasteiger charge is -2.13. The highest BCUT2D eigenvalue weighted by atomic mass is 16.5. The van der Waals surface area contributed by atoms with E-state index in [9.17, 15) is 4.79 Å². The Morgan fingerprint density at radius 3 is 1.80 bits per heavy atom. The zero-order valence-corrected chi connectivity index (χ0v) is 25.2. The van der Waals surface area contributed by atoms with E-state index in [-0.39, 0.29) is 6.61 Å². The SMILES string of the molecule is C=C(C)c1cc(OCC=C(c2ccc(C#Cc3ccccn3)cc2)c2ccc(C#Cc3ccccn3)cc2)ccc1OCC(=O)O. The van der Waals surface area contributed by atoms with Gasteiger partial charge in [0.05, 0.1) is 0 Å². The lowest BCUT2D eigenvalue weighted by molar-refractivity contribution is -0.139. The van der Waals surface area contributed by atoms with E-state index < -0.39 is 12.6 Å². The van der Waals surface area contributed by atoms with Crippen LogP contribution in [0.5, 0.6) is 11.5 Å². The molecule has 0 unspecified atom stereocenters. The molecule has 0 radical (unpaired) electrons. The molecule has 6 nitrogen and oxygen atoms in total. The van der Waals surface area contributed by atoms with E-state index >= 15 is 0 Å². The Kier molecular flexibility index (Phi) is 10.4. The maximum atomic E-state index is 11.0. The van der Waals surface area contributed by atoms with Gasteiger partial charge in [0.25, 0.3) is 0 Å². The molecule has 3 aromatic carbocycles. The van der Waals surface area contributed by atoms with Crippen molar-refractivity contribution in [1.29, 1.82) is 0 Å². The van der Waals surface area contributed by atoms with Crippen molar-refractivity contribution in [3.63, 3.8) is 0 Å². The highest BCUT2D eigenvalue weighted by Crippen LogP contribution is 2.30. The van der Waals surface area contributed by atoms with Crippen LogP contribution in [0.4, 0.5) is 0 Å². The number of carbonyl (C=O) groups is 1. The Labute approximate surface area is 268 Å². The topological polar surface area (TPSA) is 81.5 Å². The van der Waals surface area contributed by atoms with E-state index in [1.54, 1.807) is 30.6 Å². The number of aliphatic carboxylic acids is 1. The van der Waals surface area contributed by atoms with Gasteiger partial charge in [-0.25, -0.2) is 14.8 Å². The van der Waals surface area contributed by atoms with Crippen LogP contribution in [0.2, 0.25) is 0 Å². The molecule has 0 aliphatic rings. The summed E-state index contributed by atoms with van der Waals surface area (Å²) in [7, 11) is 0. The van der Waals surface area contributed by atoms with Gasteiger partial charge in [-0.1, -0.05) is 54.8 Å². The minimum Gasteiger partial charge on any atom is -0.489 e. The molecule has 0 aliphatic carbocycles. The third kappa shape index (κ3) is 8.83. The maximum absolute atomic E-state index is 11.0. The van der Waals surface area contributed by atoms with Crippen molar-refractivity contribution in [3.05, 3.63) is 167 Å². The van der Waals surface area contributed by atoms with Gasteiger partial charge < -0.3 is 14.6 Å². The summed E-state index contributed by atoms with van der Waals surface area (Å²) in [4.78, 5) is 19.5. The van der Waals surface area contributed by atoms with Crippen LogP contribution < -0.4 is 9.47 Å². The van der Waals surface area contributed by atoms with E-state index in [0.29, 0.717) is 28.5 Å². The zero-order valence-electron chi connectivity index (χ0n) is 25.2. The Balaban J connectivity index is 1.40. The van der Waals surface area contributed by atoms with Crippen molar-refractivity contribution in [2.24, 2.45) is 0 Å². The first-order valence-corrected chi connectivity index (χ1v) is 14.5. The van der Waals surface area contributed by atoms with Gasteiger partial charge in [-0.2, -0.15) is 0 Å². The Hall–Kier alpha value is -6.37. The summed E-state index contributed by atoms with van der Waals surface area (Å²) >= 11 is 0. The second-order valence-corrected chi connectivity index (χ2v) is 10.1. The molecule has 224 valence electrons. The quantitative estimate of drug-likeness (QED) is 0.179. The van der Waals surface area contributed by atoms with Gasteiger partial charge in [0.15, 0.2) is 6.61 Å². The average Bonchev–Trinajstić information content (AvgIpc) is 3.09. The molecule has 2 heterocycles. The molecule has 0 aliphatic heterocycles. The molecular weight excluding hydrogens is 572 g/mol. The van der Waals surface area contributed by atoms with Crippen LogP contribution >= 0.6 is 0 Å². The summed E-state index contributed by atoms with van der Waals surface area (Å²) in [5.41, 5.74) is 7.59. The van der Waals surface area contributed by atoms with Crippen LogP contribution in [-0.2, 0) is 4.79 Å². The number of rotatable bonds is 9. The fourth-order valence-corrected chi connectivity index (χ4v) is 4.43. The monoisotopic (exact) mass is 602 g/mol. The van der Waals surface area contributed by atoms with E-state index in [1.807, 2.05) is 97.9 Å². The number of ether oxygens (including phenoxy) is 2. The molecule has 0 saturated heterocycles. The minimum absolute atomic E-state index is 0.281. The van der Waals surface area contributed by atoms with Crippen molar-refractivity contribution in [2.45, 2.75) is 6.92 Å². The first-order chi connectivity index (χ1) is 22.4. The fourth-order valence-electron chi connectivity index (χ4n) is 4.43. The summed E-state index contributed by atoms with van der Waals surface area (Å²) in [6, 6.07) is 32.7. The standard InChI is InChI=1S/C40H30N2O4/c1-29(2)38-27-36(21-22-39(38)46-28-40(43)44)45-26-23-37(32-15-9-30(10-16-32)13-19-34-7-3-5-24-41-34)33-17-11-31(12-18-33)14-20-35-8-4-6-25-42-35/h3-12,15-18,21-25,27H,1,26,28H2,2H3,(H,43,44). The molecule has 5 rings (SSSR count). The van der Waals surface area contributed by atoms with Gasteiger partial charge in [0, 0.05) is 29.1 Å². The molecule has 0 spiro atoms. The van der Waals surface area contributed by atoms with Crippen LogP contribution in [0.15, 0.2) is 128 Å². The normalized spacial score (nSPS) is 9.93. The average molecular weight is 603 g/mol. The second kappa shape index (κ2) is 15.4. The molecule has 0 saturated carbocycles. The number of aromatic nitrogens is 2. The number of pyridine rings is 2. The van der Waals surface area contributed by atoms with E-state index in [4.69, 9.17) is 14.6 Å². The summed E-state index contributed by atoms with van der Waals surface area (Å²) in [5.74, 6) is 12.5. The number of hydrogen-bond donors (Lipinski definition) is 1. The number of carboxylic acid groups (broad SMARTS) is 1. The predicted molar refractivity (Wildman–Crippen MR) is 180 cm³/mol. The molecule has 2 aromatic heterocycles. The lowest BCUT2D eigenvalue weighted by Crippen LogP contribution is -2.10. The largest absolute Gasteiger partial charge is 0.489 e.